The molecule has 1 aromatic carbocycles. The molecule has 4 heteroatoms. The van der Waals surface area contributed by atoms with E-state index in [1.54, 1.807) is 0 Å². The van der Waals surface area contributed by atoms with Crippen LogP contribution in [0.2, 0.25) is 0 Å². The normalized spacial score (nSPS) is 18.4. The van der Waals surface area contributed by atoms with E-state index in [2.05, 4.69) is 5.32 Å². The number of hydrogen-bond acceptors (Lipinski definition) is 3. The molecule has 1 saturated carbocycles. The fraction of sp³-hybridized carbons (Fsp3) is 0.462. The highest BCUT2D eigenvalue weighted by molar-refractivity contribution is 5.93. The van der Waals surface area contributed by atoms with E-state index in [4.69, 9.17) is 9.47 Å². The van der Waals surface area contributed by atoms with Crippen molar-refractivity contribution >= 4 is 11.6 Å². The molecule has 0 radical (unpaired) electrons. The second-order valence-corrected chi connectivity index (χ2v) is 4.54. The molecule has 1 aliphatic heterocycles. The highest BCUT2D eigenvalue weighted by atomic mass is 16.7. The fourth-order valence-electron chi connectivity index (χ4n) is 2.41. The number of benzene rings is 1. The minimum absolute atomic E-state index is 0.126. The lowest BCUT2D eigenvalue weighted by atomic mass is 10.1. The van der Waals surface area contributed by atoms with Gasteiger partial charge in [0.1, 0.15) is 0 Å². The zero-order valence-corrected chi connectivity index (χ0v) is 9.57. The van der Waals surface area contributed by atoms with Crippen LogP contribution in [0, 0.1) is 5.92 Å². The number of fused-ring (bicyclic) bond motifs is 1. The number of rotatable bonds is 2. The lowest BCUT2D eigenvalue weighted by molar-refractivity contribution is -0.119. The molecule has 0 aromatic heterocycles. The second-order valence-electron chi connectivity index (χ2n) is 4.54. The molecule has 0 atom stereocenters. The number of nitrogens with one attached hydrogen (secondary N) is 1. The molecule has 1 heterocycles. The van der Waals surface area contributed by atoms with E-state index in [1.165, 1.54) is 12.8 Å². The number of anilines is 1. The number of carbonyl (C=O) groups excluding carboxylic acids is 1. The zero-order valence-electron chi connectivity index (χ0n) is 9.57. The van der Waals surface area contributed by atoms with E-state index in [0.717, 1.165) is 24.3 Å². The summed E-state index contributed by atoms with van der Waals surface area (Å²) in [4.78, 5) is 11.9. The van der Waals surface area contributed by atoms with Gasteiger partial charge in [-0.25, -0.2) is 0 Å². The van der Waals surface area contributed by atoms with Gasteiger partial charge in [-0.05, 0) is 25.0 Å². The average molecular weight is 233 g/mol. The summed E-state index contributed by atoms with van der Waals surface area (Å²) in [5, 5.41) is 2.94. The van der Waals surface area contributed by atoms with Gasteiger partial charge in [0, 0.05) is 17.7 Å². The third kappa shape index (κ3) is 2.07. The Bertz CT molecular complexity index is 438. The number of carbonyl (C=O) groups is 1. The molecule has 1 aliphatic carbocycles. The minimum atomic E-state index is 0.126. The van der Waals surface area contributed by atoms with Crippen molar-refractivity contribution in [3.05, 3.63) is 18.2 Å². The van der Waals surface area contributed by atoms with Crippen LogP contribution in [0.25, 0.3) is 0 Å². The fourth-order valence-corrected chi connectivity index (χ4v) is 2.41. The van der Waals surface area contributed by atoms with E-state index in [0.29, 0.717) is 5.75 Å². The van der Waals surface area contributed by atoms with Gasteiger partial charge >= 0.3 is 0 Å². The maximum absolute atomic E-state index is 11.9. The molecule has 0 saturated heterocycles. The third-order valence-corrected chi connectivity index (χ3v) is 3.37. The molecule has 1 fully saturated rings. The summed E-state index contributed by atoms with van der Waals surface area (Å²) in [7, 11) is 0. The summed E-state index contributed by atoms with van der Waals surface area (Å²) in [5.41, 5.74) is 0.783. The van der Waals surface area contributed by atoms with Crippen molar-refractivity contribution in [1.82, 2.24) is 0 Å². The molecule has 17 heavy (non-hydrogen) atoms. The molecule has 1 aromatic rings. The van der Waals surface area contributed by atoms with Gasteiger partial charge in [0.2, 0.25) is 12.7 Å². The van der Waals surface area contributed by atoms with Gasteiger partial charge in [0.25, 0.3) is 0 Å². The van der Waals surface area contributed by atoms with Gasteiger partial charge in [0.05, 0.1) is 0 Å². The van der Waals surface area contributed by atoms with Crippen LogP contribution < -0.4 is 14.8 Å². The van der Waals surface area contributed by atoms with Crippen molar-refractivity contribution in [3.63, 3.8) is 0 Å². The maximum Gasteiger partial charge on any atom is 0.231 e. The summed E-state index contributed by atoms with van der Waals surface area (Å²) >= 11 is 0. The lowest BCUT2D eigenvalue weighted by Crippen LogP contribution is -2.20. The van der Waals surface area contributed by atoms with Crippen molar-refractivity contribution in [2.75, 3.05) is 12.1 Å². The lowest BCUT2D eigenvalue weighted by Gasteiger charge is -2.10. The van der Waals surface area contributed by atoms with Gasteiger partial charge < -0.3 is 14.8 Å². The first-order valence-corrected chi connectivity index (χ1v) is 6.03. The summed E-state index contributed by atoms with van der Waals surface area (Å²) < 4.78 is 10.5. The van der Waals surface area contributed by atoms with Crippen LogP contribution in [0.3, 0.4) is 0 Å². The molecule has 1 amide bonds. The minimum Gasteiger partial charge on any atom is -0.454 e. The van der Waals surface area contributed by atoms with Crippen molar-refractivity contribution in [3.8, 4) is 11.5 Å². The van der Waals surface area contributed by atoms with Crippen LogP contribution in [0.1, 0.15) is 25.7 Å². The molecule has 90 valence electrons. The SMILES string of the molecule is O=C(Nc1ccc2c(c1)OCO2)C1CCCC1. The highest BCUT2D eigenvalue weighted by Crippen LogP contribution is 2.34. The van der Waals surface area contributed by atoms with Gasteiger partial charge in [0.15, 0.2) is 11.5 Å². The Hall–Kier alpha value is -1.71. The quantitative estimate of drug-likeness (QED) is 0.853. The highest BCUT2D eigenvalue weighted by Gasteiger charge is 2.23. The predicted octanol–water partition coefficient (Wildman–Crippen LogP) is 2.54. The molecular weight excluding hydrogens is 218 g/mol. The second kappa shape index (κ2) is 4.28. The first kappa shape index (κ1) is 10.4. The van der Waals surface area contributed by atoms with E-state index in [1.807, 2.05) is 18.2 Å². The number of ether oxygens (including phenoxy) is 2. The first-order valence-electron chi connectivity index (χ1n) is 6.03. The van der Waals surface area contributed by atoms with Gasteiger partial charge in [-0.1, -0.05) is 12.8 Å². The van der Waals surface area contributed by atoms with Crippen LogP contribution >= 0.6 is 0 Å². The van der Waals surface area contributed by atoms with Crippen molar-refractivity contribution in [2.24, 2.45) is 5.92 Å². The zero-order chi connectivity index (χ0) is 11.7. The van der Waals surface area contributed by atoms with Crippen LogP contribution in [0.15, 0.2) is 18.2 Å². The van der Waals surface area contributed by atoms with E-state index < -0.39 is 0 Å². The van der Waals surface area contributed by atoms with Crippen LogP contribution in [-0.2, 0) is 4.79 Å². The Morgan fingerprint density at radius 1 is 1.18 bits per heavy atom. The van der Waals surface area contributed by atoms with Gasteiger partial charge in [-0.2, -0.15) is 0 Å². The molecule has 0 unspecified atom stereocenters. The van der Waals surface area contributed by atoms with Gasteiger partial charge in [-0.3, -0.25) is 4.79 Å². The van der Waals surface area contributed by atoms with Crippen LogP contribution in [-0.4, -0.2) is 12.7 Å². The largest absolute Gasteiger partial charge is 0.454 e. The Kier molecular flexibility index (Phi) is 2.63. The Morgan fingerprint density at radius 2 is 1.94 bits per heavy atom. The van der Waals surface area contributed by atoms with Crippen molar-refractivity contribution in [2.45, 2.75) is 25.7 Å². The van der Waals surface area contributed by atoms with Crippen molar-refractivity contribution < 1.29 is 14.3 Å². The van der Waals surface area contributed by atoms with Crippen molar-refractivity contribution in [1.29, 1.82) is 0 Å². The summed E-state index contributed by atoms with van der Waals surface area (Å²) in [6.07, 6.45) is 4.35. The van der Waals surface area contributed by atoms with E-state index >= 15 is 0 Å². The molecule has 0 spiro atoms. The van der Waals surface area contributed by atoms with Crippen LogP contribution in [0.5, 0.6) is 11.5 Å². The Balaban J connectivity index is 1.70. The monoisotopic (exact) mass is 233 g/mol. The summed E-state index contributed by atoms with van der Waals surface area (Å²) in [5.74, 6) is 1.75. The predicted molar refractivity (Wildman–Crippen MR) is 63.2 cm³/mol. The Morgan fingerprint density at radius 3 is 2.76 bits per heavy atom. The topological polar surface area (TPSA) is 47.6 Å². The molecule has 3 rings (SSSR count). The molecule has 1 N–H and O–H groups in total. The maximum atomic E-state index is 11.9. The van der Waals surface area contributed by atoms with Crippen LogP contribution in [0.4, 0.5) is 5.69 Å². The molecule has 4 nitrogen and oxygen atoms in total. The molecule has 2 aliphatic rings. The van der Waals surface area contributed by atoms with E-state index in [-0.39, 0.29) is 18.6 Å². The first-order chi connectivity index (χ1) is 8.33. The summed E-state index contributed by atoms with van der Waals surface area (Å²) in [6, 6.07) is 5.49. The molecular formula is C13H15NO3. The van der Waals surface area contributed by atoms with Gasteiger partial charge in [-0.15, -0.1) is 0 Å². The standard InChI is InChI=1S/C13H15NO3/c15-13(9-3-1-2-4-9)14-10-5-6-11-12(7-10)17-8-16-11/h5-7,9H,1-4,8H2,(H,14,15). The Labute approximate surface area is 99.9 Å². The third-order valence-electron chi connectivity index (χ3n) is 3.37. The molecule has 0 bridgehead atoms. The average Bonchev–Trinajstić information content (AvgIpc) is 2.99. The van der Waals surface area contributed by atoms with E-state index in [9.17, 15) is 4.79 Å². The number of amides is 1. The number of hydrogen-bond donors (Lipinski definition) is 1. The summed E-state index contributed by atoms with van der Waals surface area (Å²) in [6.45, 7) is 0.259. The smallest absolute Gasteiger partial charge is 0.231 e.